The fourth-order valence-electron chi connectivity index (χ4n) is 4.06. The van der Waals surface area contributed by atoms with E-state index in [9.17, 15) is 10.2 Å². The normalized spacial score (nSPS) is 11.6. The molecule has 0 saturated carbocycles. The Kier molecular flexibility index (Phi) is 13.8. The SMILES string of the molecule is CCCCCC(C)(C)c1ccc([O-])c(Sc2cc(C(C)(C)CCCCC)ccc2[O-])c1.O.[Ni+2]. The van der Waals surface area contributed by atoms with Gasteiger partial charge in [0.2, 0.25) is 0 Å². The summed E-state index contributed by atoms with van der Waals surface area (Å²) in [6.45, 7) is 13.4. The van der Waals surface area contributed by atoms with Gasteiger partial charge in [-0.1, -0.05) is 128 Å². The number of hydrogen-bond donors (Lipinski definition) is 0. The summed E-state index contributed by atoms with van der Waals surface area (Å²) in [5.41, 5.74) is 2.38. The zero-order valence-electron chi connectivity index (χ0n) is 21.2. The van der Waals surface area contributed by atoms with Crippen molar-refractivity contribution >= 4 is 11.8 Å². The standard InChI is InChI=1S/C28H42O2S.Ni.H2O/c1-7-9-11-17-27(3,4)21-13-15-23(29)25(19-21)31-26-20-22(14-16-24(26)30)28(5,6)18-12-10-8-2;;/h13-16,19-20,29-30H,7-12,17-18H2,1-6H3;;1H2/q;+2;/p-2. The van der Waals surface area contributed by atoms with Crippen LogP contribution in [0.1, 0.15) is 104 Å². The van der Waals surface area contributed by atoms with E-state index in [1.54, 1.807) is 12.1 Å². The average molecular weight is 517 g/mol. The quantitative estimate of drug-likeness (QED) is 0.228. The first-order valence-corrected chi connectivity index (χ1v) is 12.7. The largest absolute Gasteiger partial charge is 2.00 e. The summed E-state index contributed by atoms with van der Waals surface area (Å²) in [6.07, 6.45) is 9.42. The smallest absolute Gasteiger partial charge is 0.872 e. The minimum Gasteiger partial charge on any atom is -0.872 e. The van der Waals surface area contributed by atoms with Crippen molar-refractivity contribution in [2.45, 2.75) is 114 Å². The maximum atomic E-state index is 12.6. The third-order valence-corrected chi connectivity index (χ3v) is 7.56. The molecule has 0 aromatic heterocycles. The molecule has 0 aliphatic heterocycles. The Balaban J connectivity index is 0.00000512. The summed E-state index contributed by atoms with van der Waals surface area (Å²) in [7, 11) is 0. The molecule has 0 aliphatic rings. The van der Waals surface area contributed by atoms with Gasteiger partial charge in [0, 0.05) is 9.79 Å². The first-order valence-electron chi connectivity index (χ1n) is 11.9. The molecule has 0 heterocycles. The summed E-state index contributed by atoms with van der Waals surface area (Å²) in [5, 5.41) is 25.2. The van der Waals surface area contributed by atoms with E-state index in [1.165, 1.54) is 61.4 Å². The van der Waals surface area contributed by atoms with Crippen molar-refractivity contribution in [2.75, 3.05) is 0 Å². The topological polar surface area (TPSA) is 77.6 Å². The van der Waals surface area contributed by atoms with Crippen LogP contribution in [0.3, 0.4) is 0 Å². The van der Waals surface area contributed by atoms with Crippen molar-refractivity contribution in [3.8, 4) is 11.5 Å². The molecule has 0 fully saturated rings. The second-order valence-corrected chi connectivity index (χ2v) is 11.2. The Labute approximate surface area is 216 Å². The van der Waals surface area contributed by atoms with Crippen molar-refractivity contribution in [1.82, 2.24) is 0 Å². The van der Waals surface area contributed by atoms with Crippen LogP contribution in [0.4, 0.5) is 0 Å². The number of benzene rings is 2. The van der Waals surface area contributed by atoms with Crippen molar-refractivity contribution in [3.05, 3.63) is 47.5 Å². The maximum Gasteiger partial charge on any atom is 2.00 e. The molecule has 0 bridgehead atoms. The minimum atomic E-state index is -0.00915. The third kappa shape index (κ3) is 9.19. The number of hydrogen-bond acceptors (Lipinski definition) is 3. The van der Waals surface area contributed by atoms with Crippen molar-refractivity contribution in [2.24, 2.45) is 0 Å². The van der Waals surface area contributed by atoms with Crippen LogP contribution in [-0.4, -0.2) is 5.48 Å². The predicted molar refractivity (Wildman–Crippen MR) is 134 cm³/mol. The first-order chi connectivity index (χ1) is 14.6. The molecule has 188 valence electrons. The van der Waals surface area contributed by atoms with E-state index in [1.807, 2.05) is 24.3 Å². The molecule has 0 aliphatic carbocycles. The van der Waals surface area contributed by atoms with Gasteiger partial charge in [-0.25, -0.2) is 0 Å². The predicted octanol–water partition coefficient (Wildman–Crippen LogP) is 6.87. The molecule has 0 spiro atoms. The summed E-state index contributed by atoms with van der Waals surface area (Å²) in [5.74, 6) is -0.0183. The van der Waals surface area contributed by atoms with Crippen molar-refractivity contribution in [1.29, 1.82) is 0 Å². The van der Waals surface area contributed by atoms with Gasteiger partial charge in [0.15, 0.2) is 0 Å². The van der Waals surface area contributed by atoms with Gasteiger partial charge >= 0.3 is 16.5 Å². The van der Waals surface area contributed by atoms with Gasteiger partial charge < -0.3 is 15.7 Å². The second kappa shape index (κ2) is 14.3. The summed E-state index contributed by atoms with van der Waals surface area (Å²) in [4.78, 5) is 1.30. The Morgan fingerprint density at radius 3 is 1.36 bits per heavy atom. The van der Waals surface area contributed by atoms with Crippen molar-refractivity contribution in [3.63, 3.8) is 0 Å². The van der Waals surface area contributed by atoms with E-state index in [0.717, 1.165) is 12.8 Å². The molecule has 2 rings (SSSR count). The van der Waals surface area contributed by atoms with Crippen LogP contribution in [0.2, 0.25) is 0 Å². The molecule has 2 N–H and O–H groups in total. The minimum absolute atomic E-state index is 0. The number of rotatable bonds is 12. The monoisotopic (exact) mass is 516 g/mol. The summed E-state index contributed by atoms with van der Waals surface area (Å²) < 4.78 is 0. The zero-order valence-corrected chi connectivity index (χ0v) is 23.0. The van der Waals surface area contributed by atoms with Crippen LogP contribution in [0, 0.1) is 0 Å². The average Bonchev–Trinajstić information content (AvgIpc) is 2.71. The molecule has 2 aromatic carbocycles. The van der Waals surface area contributed by atoms with Crippen LogP contribution in [-0.2, 0) is 27.3 Å². The molecular weight excluding hydrogens is 475 g/mol. The Hall–Kier alpha value is -1.16. The van der Waals surface area contributed by atoms with Gasteiger partial charge in [0.1, 0.15) is 0 Å². The van der Waals surface area contributed by atoms with Gasteiger partial charge in [-0.05, 0) is 46.9 Å². The molecule has 0 saturated heterocycles. The van der Waals surface area contributed by atoms with Crippen LogP contribution < -0.4 is 10.2 Å². The third-order valence-electron chi connectivity index (χ3n) is 6.48. The van der Waals surface area contributed by atoms with Gasteiger partial charge in [0.05, 0.1) is 0 Å². The Morgan fingerprint density at radius 1 is 0.667 bits per heavy atom. The molecule has 2 aromatic rings. The van der Waals surface area contributed by atoms with Gasteiger partial charge in [-0.15, -0.1) is 0 Å². The molecule has 33 heavy (non-hydrogen) atoms. The maximum absolute atomic E-state index is 12.6. The molecule has 0 radical (unpaired) electrons. The summed E-state index contributed by atoms with van der Waals surface area (Å²) >= 11 is 1.33. The van der Waals surface area contributed by atoms with Gasteiger partial charge in [-0.2, -0.15) is 0 Å². The fraction of sp³-hybridized carbons (Fsp3) is 0.571. The Bertz CT molecular complexity index is 780. The van der Waals surface area contributed by atoms with Crippen LogP contribution >= 0.6 is 11.8 Å². The molecule has 0 amide bonds. The fourth-order valence-corrected chi connectivity index (χ4v) is 5.00. The van der Waals surface area contributed by atoms with Crippen LogP contribution in [0.25, 0.3) is 0 Å². The van der Waals surface area contributed by atoms with Crippen LogP contribution in [0.5, 0.6) is 11.5 Å². The van der Waals surface area contributed by atoms with E-state index >= 15 is 0 Å². The summed E-state index contributed by atoms with van der Waals surface area (Å²) in [6, 6.07) is 11.3. The molecular formula is C28H42NiO3S. The zero-order chi connectivity index (χ0) is 23.1. The number of unbranched alkanes of at least 4 members (excludes halogenated alkanes) is 4. The van der Waals surface area contributed by atoms with Gasteiger partial charge in [-0.3, -0.25) is 0 Å². The van der Waals surface area contributed by atoms with E-state index in [0.29, 0.717) is 9.79 Å². The molecule has 0 unspecified atom stereocenters. The first kappa shape index (κ1) is 31.8. The van der Waals surface area contributed by atoms with E-state index in [-0.39, 0.29) is 44.3 Å². The van der Waals surface area contributed by atoms with E-state index < -0.39 is 0 Å². The molecule has 5 heteroatoms. The van der Waals surface area contributed by atoms with E-state index in [4.69, 9.17) is 0 Å². The van der Waals surface area contributed by atoms with Gasteiger partial charge in [0.25, 0.3) is 0 Å². The molecule has 3 nitrogen and oxygen atoms in total. The molecule has 0 atom stereocenters. The van der Waals surface area contributed by atoms with Crippen molar-refractivity contribution < 1.29 is 32.2 Å². The van der Waals surface area contributed by atoms with Crippen LogP contribution in [0.15, 0.2) is 46.2 Å². The Morgan fingerprint density at radius 2 is 1.03 bits per heavy atom. The second-order valence-electron chi connectivity index (χ2n) is 10.1. The van der Waals surface area contributed by atoms with E-state index in [2.05, 4.69) is 41.5 Å².